The summed E-state index contributed by atoms with van der Waals surface area (Å²) in [5.41, 5.74) is 1.34. The monoisotopic (exact) mass is 379 g/mol. The molecule has 0 amide bonds. The number of aromatic nitrogens is 3. The molecular formula is C21H15ClFN3O. The molecule has 0 aliphatic heterocycles. The van der Waals surface area contributed by atoms with Crippen molar-refractivity contribution in [2.75, 3.05) is 0 Å². The molecule has 0 aliphatic carbocycles. The minimum atomic E-state index is -0.685. The van der Waals surface area contributed by atoms with Gasteiger partial charge >= 0.3 is 0 Å². The second-order valence-corrected chi connectivity index (χ2v) is 6.15. The molecule has 0 aliphatic rings. The smallest absolute Gasteiger partial charge is 0.266 e. The van der Waals surface area contributed by atoms with Gasteiger partial charge in [-0.15, -0.1) is 6.42 Å². The number of hydrogen-bond acceptors (Lipinski definition) is 3. The molecule has 0 unspecified atom stereocenters. The Hall–Kier alpha value is -3.23. The van der Waals surface area contributed by atoms with E-state index >= 15 is 0 Å². The molecule has 0 spiro atoms. The van der Waals surface area contributed by atoms with Crippen LogP contribution in [0.3, 0.4) is 0 Å². The lowest BCUT2D eigenvalue weighted by Gasteiger charge is -2.13. The Kier molecular flexibility index (Phi) is 5.49. The minimum Gasteiger partial charge on any atom is -0.266 e. The van der Waals surface area contributed by atoms with Crippen molar-refractivity contribution in [3.05, 3.63) is 86.7 Å². The number of halogens is 2. The third-order valence-electron chi connectivity index (χ3n) is 3.93. The lowest BCUT2D eigenvalue weighted by Crippen LogP contribution is -2.28. The van der Waals surface area contributed by atoms with E-state index in [2.05, 4.69) is 16.0 Å². The Balaban J connectivity index is 2.25. The highest BCUT2D eigenvalue weighted by Crippen LogP contribution is 2.25. The minimum absolute atomic E-state index is 0.121. The van der Waals surface area contributed by atoms with Gasteiger partial charge in [0.2, 0.25) is 5.95 Å². The van der Waals surface area contributed by atoms with Gasteiger partial charge in [-0.05, 0) is 36.8 Å². The van der Waals surface area contributed by atoms with Crippen molar-refractivity contribution in [3.63, 3.8) is 0 Å². The standard InChI is InChI=1S/C21H15ClFN3O/c1-3-6-17-16(4-2)21(27)26(13-14-8-10-15(22)11-9-14)25-19(17)18-7-5-12-24-20(18)23/h2-3,5-12H,13H2,1H3/b6-3-. The molecule has 4 nitrogen and oxygen atoms in total. The highest BCUT2D eigenvalue weighted by Gasteiger charge is 2.18. The molecule has 2 heterocycles. The Morgan fingerprint density at radius 2 is 2.04 bits per heavy atom. The van der Waals surface area contributed by atoms with Gasteiger partial charge < -0.3 is 0 Å². The molecule has 134 valence electrons. The van der Waals surface area contributed by atoms with E-state index in [1.165, 1.54) is 10.9 Å². The first-order chi connectivity index (χ1) is 13.0. The molecule has 0 N–H and O–H groups in total. The van der Waals surface area contributed by atoms with Crippen molar-refractivity contribution >= 4 is 17.7 Å². The van der Waals surface area contributed by atoms with Crippen molar-refractivity contribution in [2.45, 2.75) is 13.5 Å². The predicted octanol–water partition coefficient (Wildman–Crippen LogP) is 4.16. The molecule has 0 saturated heterocycles. The third-order valence-corrected chi connectivity index (χ3v) is 4.18. The summed E-state index contributed by atoms with van der Waals surface area (Å²) in [5, 5.41) is 4.98. The Morgan fingerprint density at radius 1 is 1.30 bits per heavy atom. The van der Waals surface area contributed by atoms with Crippen molar-refractivity contribution in [2.24, 2.45) is 0 Å². The zero-order valence-corrected chi connectivity index (χ0v) is 15.2. The molecule has 27 heavy (non-hydrogen) atoms. The summed E-state index contributed by atoms with van der Waals surface area (Å²) in [6.07, 6.45) is 10.3. The van der Waals surface area contributed by atoms with E-state index in [1.54, 1.807) is 55.5 Å². The largest absolute Gasteiger partial charge is 0.283 e. The van der Waals surface area contributed by atoms with E-state index in [1.807, 2.05) is 0 Å². The zero-order chi connectivity index (χ0) is 19.4. The van der Waals surface area contributed by atoms with E-state index < -0.39 is 11.5 Å². The molecular weight excluding hydrogens is 365 g/mol. The van der Waals surface area contributed by atoms with Gasteiger partial charge in [0.1, 0.15) is 11.3 Å². The van der Waals surface area contributed by atoms with Crippen molar-refractivity contribution in [1.82, 2.24) is 14.8 Å². The fourth-order valence-electron chi connectivity index (χ4n) is 2.68. The molecule has 3 rings (SSSR count). The molecule has 1 aromatic carbocycles. The average molecular weight is 380 g/mol. The third kappa shape index (κ3) is 3.81. The molecule has 6 heteroatoms. The van der Waals surface area contributed by atoms with E-state index in [-0.39, 0.29) is 23.4 Å². The van der Waals surface area contributed by atoms with Crippen molar-refractivity contribution < 1.29 is 4.39 Å². The number of terminal acetylenes is 1. The number of pyridine rings is 1. The van der Waals surface area contributed by atoms with Gasteiger partial charge in [-0.25, -0.2) is 9.67 Å². The van der Waals surface area contributed by atoms with E-state index in [0.717, 1.165) is 5.56 Å². The highest BCUT2D eigenvalue weighted by molar-refractivity contribution is 6.30. The summed E-state index contributed by atoms with van der Waals surface area (Å²) in [4.78, 5) is 16.5. The van der Waals surface area contributed by atoms with Crippen LogP contribution in [0.2, 0.25) is 5.02 Å². The van der Waals surface area contributed by atoms with E-state index in [4.69, 9.17) is 18.0 Å². The fourth-order valence-corrected chi connectivity index (χ4v) is 2.81. The summed E-state index contributed by atoms with van der Waals surface area (Å²) >= 11 is 5.90. The van der Waals surface area contributed by atoms with Crippen LogP contribution in [0.25, 0.3) is 17.3 Å². The van der Waals surface area contributed by atoms with Gasteiger partial charge in [0.15, 0.2) is 0 Å². The van der Waals surface area contributed by atoms with Crippen LogP contribution in [0.4, 0.5) is 4.39 Å². The number of nitrogens with zero attached hydrogens (tertiary/aromatic N) is 3. The summed E-state index contributed by atoms with van der Waals surface area (Å²) in [6, 6.07) is 10.2. The molecule has 0 saturated carbocycles. The van der Waals surface area contributed by atoms with Crippen LogP contribution < -0.4 is 5.56 Å². The lowest BCUT2D eigenvalue weighted by atomic mass is 10.0. The quantitative estimate of drug-likeness (QED) is 0.505. The first-order valence-electron chi connectivity index (χ1n) is 8.15. The SMILES string of the molecule is C#Cc1c(/C=C\C)c(-c2cccnc2F)nn(Cc2ccc(Cl)cc2)c1=O. The molecule has 0 bridgehead atoms. The second kappa shape index (κ2) is 7.98. The Bertz CT molecular complexity index is 1110. The normalized spacial score (nSPS) is 10.9. The molecule has 0 atom stereocenters. The van der Waals surface area contributed by atoms with Crippen LogP contribution in [-0.4, -0.2) is 14.8 Å². The first-order valence-corrected chi connectivity index (χ1v) is 8.52. The summed E-state index contributed by atoms with van der Waals surface area (Å²) in [7, 11) is 0. The van der Waals surface area contributed by atoms with Gasteiger partial charge in [0, 0.05) is 16.8 Å². The first kappa shape index (κ1) is 18.6. The number of rotatable bonds is 4. The van der Waals surface area contributed by atoms with Crippen LogP contribution >= 0.6 is 11.6 Å². The number of benzene rings is 1. The van der Waals surface area contributed by atoms with Gasteiger partial charge in [-0.1, -0.05) is 41.8 Å². The summed E-state index contributed by atoms with van der Waals surface area (Å²) in [6.45, 7) is 1.96. The molecule has 0 fully saturated rings. The maximum absolute atomic E-state index is 14.3. The van der Waals surface area contributed by atoms with Crippen LogP contribution in [0, 0.1) is 18.3 Å². The molecule has 2 aromatic heterocycles. The van der Waals surface area contributed by atoms with Gasteiger partial charge in [-0.2, -0.15) is 9.49 Å². The predicted molar refractivity (Wildman–Crippen MR) is 105 cm³/mol. The van der Waals surface area contributed by atoms with Crippen LogP contribution in [0.1, 0.15) is 23.6 Å². The highest BCUT2D eigenvalue weighted by atomic mass is 35.5. The topological polar surface area (TPSA) is 47.8 Å². The maximum atomic E-state index is 14.3. The lowest BCUT2D eigenvalue weighted by molar-refractivity contribution is 0.583. The Morgan fingerprint density at radius 3 is 2.67 bits per heavy atom. The molecule has 3 aromatic rings. The van der Waals surface area contributed by atoms with Crippen LogP contribution in [0.15, 0.2) is 53.5 Å². The summed E-state index contributed by atoms with van der Waals surface area (Å²) < 4.78 is 15.5. The average Bonchev–Trinajstić information content (AvgIpc) is 2.67. The van der Waals surface area contributed by atoms with Gasteiger partial charge in [0.25, 0.3) is 5.56 Å². The van der Waals surface area contributed by atoms with Crippen LogP contribution in [-0.2, 0) is 6.54 Å². The Labute approximate surface area is 161 Å². The van der Waals surface area contributed by atoms with E-state index in [9.17, 15) is 9.18 Å². The number of hydrogen-bond donors (Lipinski definition) is 0. The molecule has 0 radical (unpaired) electrons. The summed E-state index contributed by atoms with van der Waals surface area (Å²) in [5.74, 6) is 1.74. The van der Waals surface area contributed by atoms with Gasteiger partial charge in [0.05, 0.1) is 12.1 Å². The van der Waals surface area contributed by atoms with Crippen LogP contribution in [0.5, 0.6) is 0 Å². The van der Waals surface area contributed by atoms with E-state index in [0.29, 0.717) is 10.6 Å². The van der Waals surface area contributed by atoms with Gasteiger partial charge in [-0.3, -0.25) is 4.79 Å². The second-order valence-electron chi connectivity index (χ2n) is 5.71. The maximum Gasteiger partial charge on any atom is 0.283 e. The zero-order valence-electron chi connectivity index (χ0n) is 14.5. The fraction of sp³-hybridized carbons (Fsp3) is 0.0952. The van der Waals surface area contributed by atoms with Crippen molar-refractivity contribution in [1.29, 1.82) is 0 Å². The van der Waals surface area contributed by atoms with Crippen molar-refractivity contribution in [3.8, 4) is 23.6 Å². The number of allylic oxidation sites excluding steroid dienone is 1.